The van der Waals surface area contributed by atoms with E-state index < -0.39 is 16.5 Å². The van der Waals surface area contributed by atoms with Crippen molar-refractivity contribution in [1.29, 1.82) is 0 Å². The first-order valence-corrected chi connectivity index (χ1v) is 6.02. The lowest BCUT2D eigenvalue weighted by atomic mass is 9.99. The highest BCUT2D eigenvalue weighted by molar-refractivity contribution is 6.23. The smallest absolute Gasteiger partial charge is 0.329 e. The van der Waals surface area contributed by atoms with Gasteiger partial charge in [0.1, 0.15) is 5.54 Å². The van der Waals surface area contributed by atoms with Crippen molar-refractivity contribution >= 4 is 23.3 Å². The zero-order valence-electron chi connectivity index (χ0n) is 10.4. The number of carbonyl (C=O) groups is 2. The Hall–Kier alpha value is -2.48. The summed E-state index contributed by atoms with van der Waals surface area (Å²) in [5, 5.41) is 13.2. The fraction of sp³-hybridized carbons (Fsp3) is 0.333. The second-order valence-electron chi connectivity index (χ2n) is 4.73. The molecule has 2 heterocycles. The number of carbonyl (C=O) groups excluding carboxylic acids is 2. The number of nitrogens with zero attached hydrogens (tertiary/aromatic N) is 2. The monoisotopic (exact) mass is 277 g/mol. The SMILES string of the molecule is O=C1NC2(CCOC2)C(=O)N1c1ccc([N+](=O)[O-])cc1. The van der Waals surface area contributed by atoms with Crippen molar-refractivity contribution in [3.63, 3.8) is 0 Å². The Labute approximate surface area is 113 Å². The van der Waals surface area contributed by atoms with Crippen LogP contribution in [0.2, 0.25) is 0 Å². The molecule has 0 radical (unpaired) electrons. The van der Waals surface area contributed by atoms with Crippen molar-refractivity contribution in [2.24, 2.45) is 0 Å². The standard InChI is InChI=1S/C12H11N3O5/c16-10-12(5-6-20-7-12)13-11(17)14(10)8-1-3-9(4-2-8)15(18)19/h1-4H,5-7H2,(H,13,17). The topological polar surface area (TPSA) is 102 Å². The molecule has 0 aromatic heterocycles. The number of urea groups is 1. The molecule has 1 aromatic rings. The average Bonchev–Trinajstić information content (AvgIpc) is 2.97. The van der Waals surface area contributed by atoms with Gasteiger partial charge in [-0.05, 0) is 12.1 Å². The maximum atomic E-state index is 12.4. The molecule has 0 aliphatic carbocycles. The van der Waals surface area contributed by atoms with E-state index in [9.17, 15) is 19.7 Å². The number of ether oxygens (including phenoxy) is 1. The fourth-order valence-corrected chi connectivity index (χ4v) is 2.41. The molecule has 104 valence electrons. The van der Waals surface area contributed by atoms with Gasteiger partial charge < -0.3 is 10.1 Å². The number of imide groups is 1. The number of nitrogens with one attached hydrogen (secondary N) is 1. The number of nitro benzene ring substituents is 1. The van der Waals surface area contributed by atoms with Gasteiger partial charge in [0, 0.05) is 25.2 Å². The largest absolute Gasteiger partial charge is 0.378 e. The Morgan fingerprint density at radius 3 is 2.55 bits per heavy atom. The Balaban J connectivity index is 1.92. The van der Waals surface area contributed by atoms with Crippen LogP contribution in [-0.2, 0) is 9.53 Å². The molecule has 2 aliphatic heterocycles. The summed E-state index contributed by atoms with van der Waals surface area (Å²) in [5.74, 6) is -0.381. The second-order valence-corrected chi connectivity index (χ2v) is 4.73. The summed E-state index contributed by atoms with van der Waals surface area (Å²) in [7, 11) is 0. The predicted molar refractivity (Wildman–Crippen MR) is 67.3 cm³/mol. The molecule has 20 heavy (non-hydrogen) atoms. The number of rotatable bonds is 2. The molecule has 8 nitrogen and oxygen atoms in total. The Morgan fingerprint density at radius 1 is 1.30 bits per heavy atom. The van der Waals surface area contributed by atoms with E-state index in [1.807, 2.05) is 0 Å². The molecule has 0 bridgehead atoms. The molecule has 1 N–H and O–H groups in total. The summed E-state index contributed by atoms with van der Waals surface area (Å²) in [4.78, 5) is 35.4. The molecule has 0 saturated carbocycles. The van der Waals surface area contributed by atoms with E-state index in [0.29, 0.717) is 18.7 Å². The molecule has 1 spiro atoms. The van der Waals surface area contributed by atoms with Crippen molar-refractivity contribution in [3.05, 3.63) is 34.4 Å². The van der Waals surface area contributed by atoms with Gasteiger partial charge in [0.15, 0.2) is 0 Å². The van der Waals surface area contributed by atoms with Crippen LogP contribution in [0.3, 0.4) is 0 Å². The van der Waals surface area contributed by atoms with E-state index in [0.717, 1.165) is 4.90 Å². The lowest BCUT2D eigenvalue weighted by Gasteiger charge is -2.18. The molecule has 1 unspecified atom stereocenters. The molecule has 2 fully saturated rings. The van der Waals surface area contributed by atoms with Crippen molar-refractivity contribution < 1.29 is 19.2 Å². The van der Waals surface area contributed by atoms with Crippen molar-refractivity contribution in [2.45, 2.75) is 12.0 Å². The third-order valence-corrected chi connectivity index (χ3v) is 3.50. The van der Waals surface area contributed by atoms with E-state index in [4.69, 9.17) is 4.74 Å². The van der Waals surface area contributed by atoms with Crippen molar-refractivity contribution in [3.8, 4) is 0 Å². The van der Waals surface area contributed by atoms with E-state index in [2.05, 4.69) is 5.32 Å². The minimum absolute atomic E-state index is 0.0975. The first-order chi connectivity index (χ1) is 9.53. The van der Waals surface area contributed by atoms with Crippen LogP contribution >= 0.6 is 0 Å². The van der Waals surface area contributed by atoms with Gasteiger partial charge in [-0.2, -0.15) is 0 Å². The first-order valence-electron chi connectivity index (χ1n) is 6.02. The molecular formula is C12H11N3O5. The van der Waals surface area contributed by atoms with Crippen LogP contribution in [0, 0.1) is 10.1 Å². The number of anilines is 1. The summed E-state index contributed by atoms with van der Waals surface area (Å²) in [6.45, 7) is 0.571. The van der Waals surface area contributed by atoms with E-state index in [1.54, 1.807) is 0 Å². The zero-order valence-corrected chi connectivity index (χ0v) is 10.4. The Kier molecular flexibility index (Phi) is 2.68. The van der Waals surface area contributed by atoms with Gasteiger partial charge in [0.25, 0.3) is 11.6 Å². The Morgan fingerprint density at radius 2 is 2.00 bits per heavy atom. The normalized spacial score (nSPS) is 25.3. The third-order valence-electron chi connectivity index (χ3n) is 3.50. The van der Waals surface area contributed by atoms with Gasteiger partial charge in [0.05, 0.1) is 17.2 Å². The third kappa shape index (κ3) is 1.73. The summed E-state index contributed by atoms with van der Waals surface area (Å²) in [5.41, 5.74) is -0.777. The van der Waals surface area contributed by atoms with Crippen LogP contribution in [0.25, 0.3) is 0 Å². The highest BCUT2D eigenvalue weighted by Crippen LogP contribution is 2.31. The lowest BCUT2D eigenvalue weighted by Crippen LogP contribution is -2.47. The molecule has 3 amide bonds. The number of non-ortho nitro benzene ring substituents is 1. The van der Waals surface area contributed by atoms with Crippen LogP contribution in [0.5, 0.6) is 0 Å². The summed E-state index contributed by atoms with van der Waals surface area (Å²) >= 11 is 0. The second kappa shape index (κ2) is 4.27. The summed E-state index contributed by atoms with van der Waals surface area (Å²) < 4.78 is 5.18. The van der Waals surface area contributed by atoms with E-state index >= 15 is 0 Å². The van der Waals surface area contributed by atoms with Crippen molar-refractivity contribution in [1.82, 2.24) is 5.32 Å². The van der Waals surface area contributed by atoms with Crippen LogP contribution in [-0.4, -0.2) is 35.6 Å². The minimum Gasteiger partial charge on any atom is -0.378 e. The maximum Gasteiger partial charge on any atom is 0.329 e. The van der Waals surface area contributed by atoms with Gasteiger partial charge in [-0.15, -0.1) is 0 Å². The highest BCUT2D eigenvalue weighted by atomic mass is 16.6. The molecule has 8 heteroatoms. The number of hydrogen-bond acceptors (Lipinski definition) is 5. The van der Waals surface area contributed by atoms with Gasteiger partial charge >= 0.3 is 6.03 Å². The first kappa shape index (κ1) is 12.5. The lowest BCUT2D eigenvalue weighted by molar-refractivity contribution is -0.384. The molecule has 2 saturated heterocycles. The van der Waals surface area contributed by atoms with Crippen LogP contribution < -0.4 is 10.2 Å². The highest BCUT2D eigenvalue weighted by Gasteiger charge is 2.54. The number of nitro groups is 1. The van der Waals surface area contributed by atoms with Gasteiger partial charge in [-0.3, -0.25) is 14.9 Å². The van der Waals surface area contributed by atoms with E-state index in [1.165, 1.54) is 24.3 Å². The van der Waals surface area contributed by atoms with Crippen LogP contribution in [0.4, 0.5) is 16.2 Å². The number of amides is 3. The van der Waals surface area contributed by atoms with Crippen LogP contribution in [0.1, 0.15) is 6.42 Å². The van der Waals surface area contributed by atoms with Crippen LogP contribution in [0.15, 0.2) is 24.3 Å². The molecule has 3 rings (SSSR count). The van der Waals surface area contributed by atoms with Gasteiger partial charge in [0.2, 0.25) is 0 Å². The Bertz CT molecular complexity index is 592. The number of hydrogen-bond donors (Lipinski definition) is 1. The van der Waals surface area contributed by atoms with E-state index in [-0.39, 0.29) is 18.2 Å². The fourth-order valence-electron chi connectivity index (χ4n) is 2.41. The molecule has 1 atom stereocenters. The molecule has 1 aromatic carbocycles. The molecular weight excluding hydrogens is 266 g/mol. The summed E-state index contributed by atoms with van der Waals surface area (Å²) in [6.07, 6.45) is 0.432. The number of benzene rings is 1. The molecule has 2 aliphatic rings. The quantitative estimate of drug-likeness (QED) is 0.489. The summed E-state index contributed by atoms with van der Waals surface area (Å²) in [6, 6.07) is 4.74. The zero-order chi connectivity index (χ0) is 14.3. The predicted octanol–water partition coefficient (Wildman–Crippen LogP) is 0.810. The van der Waals surface area contributed by atoms with Gasteiger partial charge in [-0.1, -0.05) is 0 Å². The maximum absolute atomic E-state index is 12.4. The minimum atomic E-state index is -0.987. The van der Waals surface area contributed by atoms with Gasteiger partial charge in [-0.25, -0.2) is 9.69 Å². The van der Waals surface area contributed by atoms with Crippen molar-refractivity contribution in [2.75, 3.05) is 18.1 Å². The average molecular weight is 277 g/mol.